The van der Waals surface area contributed by atoms with E-state index in [0.29, 0.717) is 17.1 Å². The van der Waals surface area contributed by atoms with Gasteiger partial charge in [0.15, 0.2) is 9.84 Å². The van der Waals surface area contributed by atoms with E-state index in [1.54, 1.807) is 30.6 Å². The fourth-order valence-corrected chi connectivity index (χ4v) is 3.34. The van der Waals surface area contributed by atoms with E-state index in [-0.39, 0.29) is 10.9 Å². The molecule has 0 saturated heterocycles. The number of pyridine rings is 1. The molecule has 0 radical (unpaired) electrons. The third-order valence-corrected chi connectivity index (χ3v) is 4.80. The van der Waals surface area contributed by atoms with E-state index in [9.17, 15) is 8.42 Å². The fraction of sp³-hybridized carbons (Fsp3) is 0.267. The van der Waals surface area contributed by atoms with Crippen LogP contribution in [0.5, 0.6) is 0 Å². The summed E-state index contributed by atoms with van der Waals surface area (Å²) in [5.41, 5.74) is 1.68. The van der Waals surface area contributed by atoms with E-state index in [1.165, 1.54) is 6.26 Å². The lowest BCUT2D eigenvalue weighted by molar-refractivity contribution is 0.565. The second-order valence-corrected chi connectivity index (χ2v) is 7.26. The molecule has 21 heavy (non-hydrogen) atoms. The molecular formula is C15H17ClN2O2S. The molecule has 0 bridgehead atoms. The molecule has 0 saturated carbocycles. The monoisotopic (exact) mass is 324 g/mol. The average Bonchev–Trinajstić information content (AvgIpc) is 2.45. The molecule has 1 heterocycles. The van der Waals surface area contributed by atoms with Gasteiger partial charge >= 0.3 is 0 Å². The van der Waals surface area contributed by atoms with Crippen LogP contribution in [0.2, 0.25) is 5.02 Å². The van der Waals surface area contributed by atoms with Gasteiger partial charge in [0, 0.05) is 41.8 Å². The summed E-state index contributed by atoms with van der Waals surface area (Å²) in [5.74, 6) is 0. The first-order valence-electron chi connectivity index (χ1n) is 6.50. The Morgan fingerprint density at radius 2 is 1.90 bits per heavy atom. The van der Waals surface area contributed by atoms with E-state index in [2.05, 4.69) is 10.3 Å². The van der Waals surface area contributed by atoms with Gasteiger partial charge in [-0.3, -0.25) is 4.98 Å². The van der Waals surface area contributed by atoms with Crippen LogP contribution in [0.3, 0.4) is 0 Å². The van der Waals surface area contributed by atoms with Gasteiger partial charge in [0.25, 0.3) is 0 Å². The summed E-state index contributed by atoms with van der Waals surface area (Å²) >= 11 is 6.15. The van der Waals surface area contributed by atoms with Crippen LogP contribution in [0, 0.1) is 0 Å². The summed E-state index contributed by atoms with van der Waals surface area (Å²) in [6.07, 6.45) is 4.64. The molecule has 1 atom stereocenters. The molecule has 0 aliphatic heterocycles. The minimum Gasteiger partial charge on any atom is -0.306 e. The summed E-state index contributed by atoms with van der Waals surface area (Å²) in [6, 6.07) is 8.83. The van der Waals surface area contributed by atoms with Crippen molar-refractivity contribution in [3.8, 4) is 0 Å². The predicted molar refractivity (Wildman–Crippen MR) is 84.1 cm³/mol. The Labute approximate surface area is 130 Å². The molecule has 0 amide bonds. The van der Waals surface area contributed by atoms with Crippen molar-refractivity contribution in [1.82, 2.24) is 10.3 Å². The molecule has 6 heteroatoms. The largest absolute Gasteiger partial charge is 0.306 e. The van der Waals surface area contributed by atoms with Crippen molar-refractivity contribution >= 4 is 21.4 Å². The predicted octanol–water partition coefficient (Wildman–Crippen LogP) is 2.99. The Balaban J connectivity index is 2.21. The highest BCUT2D eigenvalue weighted by molar-refractivity contribution is 7.90. The topological polar surface area (TPSA) is 59.1 Å². The number of halogens is 1. The molecule has 112 valence electrons. The van der Waals surface area contributed by atoms with Crippen molar-refractivity contribution in [1.29, 1.82) is 0 Å². The number of sulfone groups is 1. The maximum atomic E-state index is 11.8. The van der Waals surface area contributed by atoms with Gasteiger partial charge in [-0.2, -0.15) is 0 Å². The molecule has 1 aromatic heterocycles. The summed E-state index contributed by atoms with van der Waals surface area (Å²) in [4.78, 5) is 4.25. The van der Waals surface area contributed by atoms with Crippen LogP contribution >= 0.6 is 11.6 Å². The first-order chi connectivity index (χ1) is 9.89. The van der Waals surface area contributed by atoms with Gasteiger partial charge in [0.2, 0.25) is 0 Å². The number of benzene rings is 1. The number of nitrogens with zero attached hydrogens (tertiary/aromatic N) is 1. The van der Waals surface area contributed by atoms with Crippen molar-refractivity contribution in [2.75, 3.05) is 6.26 Å². The maximum absolute atomic E-state index is 11.8. The van der Waals surface area contributed by atoms with Crippen LogP contribution < -0.4 is 5.32 Å². The number of nitrogens with one attached hydrogen (secondary N) is 1. The van der Waals surface area contributed by atoms with E-state index < -0.39 is 9.84 Å². The maximum Gasteiger partial charge on any atom is 0.175 e. The first-order valence-corrected chi connectivity index (χ1v) is 8.77. The Morgan fingerprint density at radius 3 is 2.52 bits per heavy atom. The molecule has 1 N–H and O–H groups in total. The highest BCUT2D eigenvalue weighted by atomic mass is 35.5. The zero-order valence-corrected chi connectivity index (χ0v) is 13.4. The molecule has 0 fully saturated rings. The summed E-state index contributed by atoms with van der Waals surface area (Å²) in [6.45, 7) is 2.39. The highest BCUT2D eigenvalue weighted by Crippen LogP contribution is 2.24. The minimum atomic E-state index is -3.30. The highest BCUT2D eigenvalue weighted by Gasteiger charge is 2.16. The van der Waals surface area contributed by atoms with Gasteiger partial charge in [0.1, 0.15) is 0 Å². The summed E-state index contributed by atoms with van der Waals surface area (Å²) in [5, 5.41) is 3.74. The van der Waals surface area contributed by atoms with Gasteiger partial charge in [-0.25, -0.2) is 8.42 Å². The lowest BCUT2D eigenvalue weighted by Crippen LogP contribution is -2.20. The number of hydrogen-bond acceptors (Lipinski definition) is 4. The molecule has 1 aromatic carbocycles. The van der Waals surface area contributed by atoms with Crippen molar-refractivity contribution in [3.63, 3.8) is 0 Å². The van der Waals surface area contributed by atoms with Gasteiger partial charge in [-0.15, -0.1) is 0 Å². The summed E-state index contributed by atoms with van der Waals surface area (Å²) in [7, 11) is -3.30. The standard InChI is InChI=1S/C15H17ClN2O2S/c1-11(12-6-8-17-9-7-12)18-10-13-14(16)4-3-5-15(13)21(2,19)20/h3-9,11,18H,10H2,1-2H3/t11-/m1/s1. The quantitative estimate of drug-likeness (QED) is 0.918. The second-order valence-electron chi connectivity index (χ2n) is 4.87. The molecular weight excluding hydrogens is 308 g/mol. The van der Waals surface area contributed by atoms with Crippen LogP contribution in [-0.4, -0.2) is 19.7 Å². The zero-order valence-electron chi connectivity index (χ0n) is 11.9. The average molecular weight is 325 g/mol. The van der Waals surface area contributed by atoms with Crippen LogP contribution in [0.25, 0.3) is 0 Å². The molecule has 0 unspecified atom stereocenters. The molecule has 2 aromatic rings. The van der Waals surface area contributed by atoms with E-state index >= 15 is 0 Å². The van der Waals surface area contributed by atoms with Gasteiger partial charge in [-0.1, -0.05) is 17.7 Å². The van der Waals surface area contributed by atoms with Crippen molar-refractivity contribution in [3.05, 3.63) is 58.9 Å². The fourth-order valence-electron chi connectivity index (χ4n) is 2.08. The zero-order chi connectivity index (χ0) is 15.5. The molecule has 0 aliphatic carbocycles. The molecule has 0 aliphatic rings. The van der Waals surface area contributed by atoms with Crippen molar-refractivity contribution < 1.29 is 8.42 Å². The molecule has 0 spiro atoms. The van der Waals surface area contributed by atoms with Gasteiger partial charge < -0.3 is 5.32 Å². The van der Waals surface area contributed by atoms with Gasteiger partial charge in [0.05, 0.1) is 4.90 Å². The number of hydrogen-bond donors (Lipinski definition) is 1. The SMILES string of the molecule is C[C@@H](NCc1c(Cl)cccc1S(C)(=O)=O)c1ccncc1. The Morgan fingerprint density at radius 1 is 1.24 bits per heavy atom. The number of aromatic nitrogens is 1. The minimum absolute atomic E-state index is 0.0664. The Kier molecular flexibility index (Phi) is 4.98. The number of rotatable bonds is 5. The normalized spacial score (nSPS) is 13.1. The third-order valence-electron chi connectivity index (χ3n) is 3.27. The van der Waals surface area contributed by atoms with Crippen molar-refractivity contribution in [2.45, 2.75) is 24.4 Å². The Bertz CT molecular complexity index is 718. The van der Waals surface area contributed by atoms with Crippen LogP contribution in [0.4, 0.5) is 0 Å². The van der Waals surface area contributed by atoms with Crippen LogP contribution in [-0.2, 0) is 16.4 Å². The van der Waals surface area contributed by atoms with Crippen LogP contribution in [0.1, 0.15) is 24.1 Å². The second kappa shape index (κ2) is 6.56. The molecule has 2 rings (SSSR count). The molecule has 4 nitrogen and oxygen atoms in total. The first kappa shape index (κ1) is 15.9. The summed E-state index contributed by atoms with van der Waals surface area (Å²) < 4.78 is 23.7. The lowest BCUT2D eigenvalue weighted by atomic mass is 10.1. The van der Waals surface area contributed by atoms with Crippen LogP contribution in [0.15, 0.2) is 47.6 Å². The van der Waals surface area contributed by atoms with E-state index in [4.69, 9.17) is 11.6 Å². The Hall–Kier alpha value is -1.43. The lowest BCUT2D eigenvalue weighted by Gasteiger charge is -2.16. The van der Waals surface area contributed by atoms with E-state index in [1.807, 2.05) is 19.1 Å². The third kappa shape index (κ3) is 4.03. The van der Waals surface area contributed by atoms with E-state index in [0.717, 1.165) is 5.56 Å². The van der Waals surface area contributed by atoms with Crippen molar-refractivity contribution in [2.24, 2.45) is 0 Å². The smallest absolute Gasteiger partial charge is 0.175 e. The van der Waals surface area contributed by atoms with Gasteiger partial charge in [-0.05, 0) is 36.8 Å².